The molecule has 0 bridgehead atoms. The van der Waals surface area contributed by atoms with Gasteiger partial charge in [0.1, 0.15) is 11.8 Å². The Kier molecular flexibility index (Phi) is 3.63. The number of hydrogen-bond acceptors (Lipinski definition) is 5. The van der Waals surface area contributed by atoms with E-state index in [1.54, 1.807) is 24.5 Å². The average molecular weight is 347 g/mol. The number of rotatable bonds is 3. The van der Waals surface area contributed by atoms with Gasteiger partial charge in [0.15, 0.2) is 0 Å². The summed E-state index contributed by atoms with van der Waals surface area (Å²) in [5.74, 6) is 1.15. The molecule has 3 N–H and O–H groups in total. The van der Waals surface area contributed by atoms with Gasteiger partial charge in [-0.1, -0.05) is 12.1 Å². The summed E-state index contributed by atoms with van der Waals surface area (Å²) in [6, 6.07) is 7.58. The first-order chi connectivity index (χ1) is 12.5. The Morgan fingerprint density at radius 3 is 2.58 bits per heavy atom. The van der Waals surface area contributed by atoms with Crippen molar-refractivity contribution in [3.8, 4) is 11.1 Å². The van der Waals surface area contributed by atoms with Gasteiger partial charge in [-0.3, -0.25) is 0 Å². The van der Waals surface area contributed by atoms with Crippen LogP contribution in [0.15, 0.2) is 42.2 Å². The minimum absolute atomic E-state index is 0.0132. The summed E-state index contributed by atoms with van der Waals surface area (Å²) in [6.45, 7) is 1.97. The van der Waals surface area contributed by atoms with Crippen LogP contribution in [-0.4, -0.2) is 28.0 Å². The van der Waals surface area contributed by atoms with Crippen LogP contribution in [0.4, 0.5) is 11.5 Å². The Labute approximate surface area is 150 Å². The first-order valence-corrected chi connectivity index (χ1v) is 8.36. The summed E-state index contributed by atoms with van der Waals surface area (Å²) >= 11 is 0. The van der Waals surface area contributed by atoms with Crippen molar-refractivity contribution in [3.05, 3.63) is 53.4 Å². The summed E-state index contributed by atoms with van der Waals surface area (Å²) < 4.78 is 0. The van der Waals surface area contributed by atoms with Crippen molar-refractivity contribution in [1.82, 2.24) is 4.98 Å². The van der Waals surface area contributed by atoms with Crippen LogP contribution in [0, 0.1) is 6.92 Å². The van der Waals surface area contributed by atoms with Gasteiger partial charge in [-0.2, -0.15) is 0 Å². The molecule has 130 valence electrons. The molecule has 6 nitrogen and oxygen atoms in total. The Bertz CT molecular complexity index is 998. The van der Waals surface area contributed by atoms with Gasteiger partial charge in [0.25, 0.3) is 0 Å². The molecule has 1 aromatic carbocycles. The van der Waals surface area contributed by atoms with Gasteiger partial charge in [-0.05, 0) is 43.0 Å². The van der Waals surface area contributed by atoms with Gasteiger partial charge in [-0.15, -0.1) is 0 Å². The van der Waals surface area contributed by atoms with Crippen molar-refractivity contribution in [3.63, 3.8) is 0 Å². The molecule has 1 fully saturated rings. The first kappa shape index (κ1) is 16.1. The van der Waals surface area contributed by atoms with Gasteiger partial charge >= 0.3 is 5.97 Å². The molecule has 2 aliphatic rings. The Balaban J connectivity index is 1.94. The summed E-state index contributed by atoms with van der Waals surface area (Å²) in [5, 5.41) is 9.50. The number of nitrogens with two attached hydrogens (primary N) is 1. The van der Waals surface area contributed by atoms with E-state index in [1.165, 1.54) is 0 Å². The molecule has 1 aromatic heterocycles. The first-order valence-electron chi connectivity index (χ1n) is 8.36. The largest absolute Gasteiger partial charge is 0.478 e. The molecule has 0 unspecified atom stereocenters. The number of nitrogens with zero attached hydrogens (tertiary/aromatic N) is 2. The number of aromatic nitrogens is 1. The molecule has 1 aliphatic carbocycles. The van der Waals surface area contributed by atoms with Crippen molar-refractivity contribution in [2.45, 2.75) is 25.8 Å². The number of benzene rings is 1. The highest BCUT2D eigenvalue weighted by Gasteiger charge is 2.36. The minimum atomic E-state index is -1.12. The topological polar surface area (TPSA) is 96.5 Å². The SMILES string of the molecule is Cc1c(-c2ccc(N)nc2)ccc2c1N(C1CC1)C=C(C(=O)O)C2=C=O. The second-order valence-electron chi connectivity index (χ2n) is 6.57. The number of anilines is 2. The van der Waals surface area contributed by atoms with E-state index in [9.17, 15) is 14.7 Å². The molecule has 26 heavy (non-hydrogen) atoms. The number of carboxylic acid groups (broad SMARTS) is 1. The third-order valence-electron chi connectivity index (χ3n) is 4.87. The number of pyridine rings is 1. The van der Waals surface area contributed by atoms with Gasteiger partial charge in [0, 0.05) is 29.6 Å². The Hall–Kier alpha value is -3.37. The number of carbonyl (C=O) groups excluding carboxylic acids is 1. The van der Waals surface area contributed by atoms with E-state index in [-0.39, 0.29) is 17.2 Å². The van der Waals surface area contributed by atoms with E-state index in [0.29, 0.717) is 11.4 Å². The van der Waals surface area contributed by atoms with Gasteiger partial charge in [-0.25, -0.2) is 14.6 Å². The lowest BCUT2D eigenvalue weighted by molar-refractivity contribution is -0.132. The molecule has 0 atom stereocenters. The lowest BCUT2D eigenvalue weighted by Gasteiger charge is -2.31. The molecule has 6 heteroatoms. The number of aliphatic carboxylic acids is 1. The maximum atomic E-state index is 11.6. The Morgan fingerprint density at radius 2 is 2.00 bits per heavy atom. The quantitative estimate of drug-likeness (QED) is 0.829. The zero-order valence-corrected chi connectivity index (χ0v) is 14.2. The predicted octanol–water partition coefficient (Wildman–Crippen LogP) is 2.81. The molecule has 4 rings (SSSR count). The minimum Gasteiger partial charge on any atom is -0.478 e. The lowest BCUT2D eigenvalue weighted by atomic mass is 9.88. The number of nitrogen functional groups attached to an aromatic ring is 1. The summed E-state index contributed by atoms with van der Waals surface area (Å²) in [7, 11) is 0. The fourth-order valence-corrected chi connectivity index (χ4v) is 3.44. The Morgan fingerprint density at radius 1 is 1.27 bits per heavy atom. The van der Waals surface area contributed by atoms with Crippen molar-refractivity contribution in [2.75, 3.05) is 10.6 Å². The van der Waals surface area contributed by atoms with Crippen molar-refractivity contribution in [2.24, 2.45) is 0 Å². The van der Waals surface area contributed by atoms with E-state index in [4.69, 9.17) is 5.73 Å². The third-order valence-corrected chi connectivity index (χ3v) is 4.87. The predicted molar refractivity (Wildman–Crippen MR) is 99.1 cm³/mol. The standard InChI is InChI=1S/C20H17N3O3/c1-11-14(12-2-7-18(21)22-8-12)5-6-15-17(10-24)16(20(25)26)9-23(19(11)15)13-3-4-13/h2,5-9,13H,3-4H2,1H3,(H2,21,22)(H,25,26). The molecule has 2 aromatic rings. The molecular weight excluding hydrogens is 330 g/mol. The number of carbonyl (C=O) groups is 1. The normalized spacial score (nSPS) is 16.0. The van der Waals surface area contributed by atoms with Crippen LogP contribution in [0.25, 0.3) is 16.7 Å². The number of fused-ring (bicyclic) bond motifs is 1. The third kappa shape index (κ3) is 2.48. The van der Waals surface area contributed by atoms with Crippen LogP contribution < -0.4 is 10.6 Å². The fraction of sp³-hybridized carbons (Fsp3) is 0.200. The van der Waals surface area contributed by atoms with Crippen LogP contribution >= 0.6 is 0 Å². The molecule has 0 spiro atoms. The zero-order chi connectivity index (χ0) is 18.4. The van der Waals surface area contributed by atoms with E-state index < -0.39 is 5.97 Å². The highest BCUT2D eigenvalue weighted by atomic mass is 16.4. The summed E-state index contributed by atoms with van der Waals surface area (Å²) in [6.07, 6.45) is 5.27. The van der Waals surface area contributed by atoms with E-state index in [2.05, 4.69) is 4.98 Å². The molecule has 0 saturated heterocycles. The molecule has 2 heterocycles. The lowest BCUT2D eigenvalue weighted by Crippen LogP contribution is -2.27. The van der Waals surface area contributed by atoms with Gasteiger partial charge in [0.05, 0.1) is 16.8 Å². The maximum Gasteiger partial charge on any atom is 0.338 e. The van der Waals surface area contributed by atoms with E-state index in [0.717, 1.165) is 35.2 Å². The van der Waals surface area contributed by atoms with Crippen LogP contribution in [0.5, 0.6) is 0 Å². The van der Waals surface area contributed by atoms with Gasteiger partial charge in [0.2, 0.25) is 0 Å². The highest BCUT2D eigenvalue weighted by molar-refractivity contribution is 6.16. The van der Waals surface area contributed by atoms with Crippen molar-refractivity contribution >= 4 is 29.0 Å². The molecule has 1 saturated carbocycles. The molecule has 0 amide bonds. The average Bonchev–Trinajstić information content (AvgIpc) is 3.46. The summed E-state index contributed by atoms with van der Waals surface area (Å²) in [4.78, 5) is 29.3. The second kappa shape index (κ2) is 5.86. The van der Waals surface area contributed by atoms with E-state index >= 15 is 0 Å². The number of carboxylic acids is 1. The smallest absolute Gasteiger partial charge is 0.338 e. The summed E-state index contributed by atoms with van der Waals surface area (Å²) in [5.41, 5.74) is 10.1. The van der Waals surface area contributed by atoms with Crippen LogP contribution in [0.2, 0.25) is 0 Å². The molecule has 0 radical (unpaired) electrons. The van der Waals surface area contributed by atoms with Crippen molar-refractivity contribution in [1.29, 1.82) is 0 Å². The van der Waals surface area contributed by atoms with Crippen LogP contribution in [-0.2, 0) is 9.59 Å². The van der Waals surface area contributed by atoms with Crippen molar-refractivity contribution < 1.29 is 14.7 Å². The fourth-order valence-electron chi connectivity index (χ4n) is 3.44. The maximum absolute atomic E-state index is 11.6. The second-order valence-corrected chi connectivity index (χ2v) is 6.57. The van der Waals surface area contributed by atoms with Crippen LogP contribution in [0.1, 0.15) is 24.0 Å². The zero-order valence-electron chi connectivity index (χ0n) is 14.2. The van der Waals surface area contributed by atoms with Gasteiger partial charge < -0.3 is 15.7 Å². The van der Waals surface area contributed by atoms with Crippen LogP contribution in [0.3, 0.4) is 0 Å². The monoisotopic (exact) mass is 347 g/mol. The molecular formula is C20H17N3O3. The van der Waals surface area contributed by atoms with E-state index in [1.807, 2.05) is 29.9 Å². The highest BCUT2D eigenvalue weighted by Crippen LogP contribution is 2.45. The number of hydrogen-bond donors (Lipinski definition) is 2. The molecule has 1 aliphatic heterocycles.